The number of pyridine rings is 1. The summed E-state index contributed by atoms with van der Waals surface area (Å²) in [5.74, 6) is 0. The van der Waals surface area contributed by atoms with Crippen molar-refractivity contribution in [1.82, 2.24) is 4.98 Å². The largest absolute Gasteiger partial charge is 0.630 e. The van der Waals surface area contributed by atoms with Gasteiger partial charge in [0.05, 0.1) is 0 Å². The molecule has 0 aliphatic rings. The van der Waals surface area contributed by atoms with Crippen LogP contribution >= 0.6 is 23.2 Å². The number of hydrogen-bond acceptors (Lipinski definition) is 2. The molecule has 0 aliphatic heterocycles. The van der Waals surface area contributed by atoms with E-state index in [1.165, 1.54) is 0 Å². The summed E-state index contributed by atoms with van der Waals surface area (Å²) in [7, 11) is 0. The summed E-state index contributed by atoms with van der Waals surface area (Å²) in [5, 5.41) is 10.9. The van der Waals surface area contributed by atoms with Crippen LogP contribution in [-0.2, 0) is 0 Å². The zero-order valence-corrected chi connectivity index (χ0v) is 7.78. The molecule has 1 rings (SSSR count). The van der Waals surface area contributed by atoms with Crippen LogP contribution in [0.25, 0.3) is 0 Å². The van der Waals surface area contributed by atoms with Crippen molar-refractivity contribution in [2.45, 2.75) is 6.92 Å². The molecule has 1 aromatic rings. The minimum absolute atomic E-state index is 0. The van der Waals surface area contributed by atoms with Gasteiger partial charge in [-0.25, -0.2) is 4.98 Å². The Morgan fingerprint density at radius 2 is 2.08 bits per heavy atom. The molecule has 0 fully saturated rings. The van der Waals surface area contributed by atoms with Gasteiger partial charge in [0, 0.05) is 5.56 Å². The van der Waals surface area contributed by atoms with E-state index in [9.17, 15) is 5.21 Å². The maximum Gasteiger partial charge on any atom is 0.192 e. The maximum absolute atomic E-state index is 10.4. The molecule has 0 unspecified atom stereocenters. The van der Waals surface area contributed by atoms with E-state index in [4.69, 9.17) is 23.2 Å². The lowest BCUT2D eigenvalue weighted by Gasteiger charge is -2.06. The fourth-order valence-corrected chi connectivity index (χ4v) is 1.32. The van der Waals surface area contributed by atoms with Crippen molar-refractivity contribution in [3.63, 3.8) is 0 Å². The predicted molar refractivity (Wildman–Crippen MR) is 47.6 cm³/mol. The third-order valence-corrected chi connectivity index (χ3v) is 1.79. The summed E-state index contributed by atoms with van der Waals surface area (Å²) in [4.78, 5) is 3.70. The van der Waals surface area contributed by atoms with E-state index in [0.29, 0.717) is 16.3 Å². The highest BCUT2D eigenvalue weighted by atomic mass is 35.5. The number of rotatable bonds is 1. The first-order chi connectivity index (χ1) is 5.15. The highest BCUT2D eigenvalue weighted by Crippen LogP contribution is 2.21. The van der Waals surface area contributed by atoms with E-state index < -0.39 is 0 Å². The highest BCUT2D eigenvalue weighted by Gasteiger charge is 2.07. The van der Waals surface area contributed by atoms with E-state index >= 15 is 0 Å². The van der Waals surface area contributed by atoms with Crippen molar-refractivity contribution in [3.05, 3.63) is 27.1 Å². The number of halogens is 2. The Bertz CT molecular complexity index is 257. The zero-order valence-electron chi connectivity index (χ0n) is 6.27. The molecule has 0 saturated heterocycles. The standard InChI is InChI=1S/C6H6Cl2N2O.H2O/c1-3-2-4(7)9-6(8)5(3)10-11;/h2H,10H2,1H3;1H2. The topological polar surface area (TPSA) is 84.1 Å². The summed E-state index contributed by atoms with van der Waals surface area (Å²) in [6, 6.07) is 1.59. The van der Waals surface area contributed by atoms with E-state index in [1.807, 2.05) is 0 Å². The Kier molecular flexibility index (Phi) is 4.44. The number of aryl methyl sites for hydroxylation is 1. The predicted octanol–water partition coefficient (Wildman–Crippen LogP) is 0.565. The van der Waals surface area contributed by atoms with Crippen LogP contribution in [0.2, 0.25) is 10.3 Å². The summed E-state index contributed by atoms with van der Waals surface area (Å²) in [6.45, 7) is 1.75. The van der Waals surface area contributed by atoms with Crippen molar-refractivity contribution in [1.29, 1.82) is 0 Å². The van der Waals surface area contributed by atoms with E-state index in [0.717, 1.165) is 5.56 Å². The first kappa shape index (κ1) is 11.6. The van der Waals surface area contributed by atoms with E-state index in [2.05, 4.69) is 4.98 Å². The fourth-order valence-electron chi connectivity index (χ4n) is 0.747. The molecule has 12 heavy (non-hydrogen) atoms. The third-order valence-electron chi connectivity index (χ3n) is 1.31. The van der Waals surface area contributed by atoms with Crippen LogP contribution in [0.15, 0.2) is 6.07 Å². The Morgan fingerprint density at radius 1 is 1.50 bits per heavy atom. The highest BCUT2D eigenvalue weighted by molar-refractivity contribution is 6.33. The van der Waals surface area contributed by atoms with Crippen molar-refractivity contribution in [3.8, 4) is 0 Å². The Labute approximate surface area is 79.4 Å². The number of quaternary nitrogens is 1. The van der Waals surface area contributed by atoms with E-state index in [-0.39, 0.29) is 10.6 Å². The van der Waals surface area contributed by atoms with Crippen LogP contribution in [0.5, 0.6) is 0 Å². The van der Waals surface area contributed by atoms with Crippen LogP contribution in [0.3, 0.4) is 0 Å². The summed E-state index contributed by atoms with van der Waals surface area (Å²) >= 11 is 11.2. The van der Waals surface area contributed by atoms with Crippen molar-refractivity contribution < 1.29 is 11.0 Å². The Morgan fingerprint density at radius 3 is 2.50 bits per heavy atom. The second kappa shape index (κ2) is 4.59. The molecule has 0 bridgehead atoms. The van der Waals surface area contributed by atoms with Crippen LogP contribution < -0.4 is 5.48 Å². The van der Waals surface area contributed by atoms with Gasteiger partial charge in [0.1, 0.15) is 5.15 Å². The van der Waals surface area contributed by atoms with Gasteiger partial charge in [-0.3, -0.25) is 0 Å². The molecule has 4 N–H and O–H groups in total. The second-order valence-electron chi connectivity index (χ2n) is 2.08. The number of hydrogen-bond donors (Lipinski definition) is 1. The molecule has 0 atom stereocenters. The molecule has 0 aliphatic carbocycles. The van der Waals surface area contributed by atoms with Gasteiger partial charge in [0.25, 0.3) is 0 Å². The molecule has 0 aromatic carbocycles. The number of aromatic nitrogens is 1. The second-order valence-corrected chi connectivity index (χ2v) is 2.83. The van der Waals surface area contributed by atoms with Gasteiger partial charge in [-0.2, -0.15) is 0 Å². The molecular formula is C6H8Cl2N2O2. The van der Waals surface area contributed by atoms with Crippen molar-refractivity contribution >= 4 is 28.9 Å². The van der Waals surface area contributed by atoms with Gasteiger partial charge < -0.3 is 16.2 Å². The monoisotopic (exact) mass is 210 g/mol. The Hall–Kier alpha value is -0.390. The molecule has 0 amide bonds. The van der Waals surface area contributed by atoms with Gasteiger partial charge in [-0.1, -0.05) is 23.2 Å². The van der Waals surface area contributed by atoms with Crippen LogP contribution in [0.4, 0.5) is 5.69 Å². The smallest absolute Gasteiger partial charge is 0.192 e. The quantitative estimate of drug-likeness (QED) is 0.543. The Balaban J connectivity index is 0.00000121. The van der Waals surface area contributed by atoms with Crippen molar-refractivity contribution in [2.24, 2.45) is 0 Å². The molecule has 0 spiro atoms. The molecule has 1 aromatic heterocycles. The van der Waals surface area contributed by atoms with Crippen LogP contribution in [0.1, 0.15) is 5.56 Å². The molecular weight excluding hydrogens is 203 g/mol. The average Bonchev–Trinajstić information content (AvgIpc) is 1.85. The van der Waals surface area contributed by atoms with Gasteiger partial charge in [0.15, 0.2) is 10.8 Å². The first-order valence-corrected chi connectivity index (χ1v) is 3.68. The summed E-state index contributed by atoms with van der Waals surface area (Å²) < 4.78 is 0. The van der Waals surface area contributed by atoms with Gasteiger partial charge >= 0.3 is 0 Å². The molecule has 1 heterocycles. The normalized spacial score (nSPS) is 9.33. The van der Waals surface area contributed by atoms with Gasteiger partial charge in [-0.15, -0.1) is 0 Å². The van der Waals surface area contributed by atoms with Gasteiger partial charge in [-0.05, 0) is 13.0 Å². The third kappa shape index (κ3) is 2.30. The fraction of sp³-hybridized carbons (Fsp3) is 0.167. The zero-order chi connectivity index (χ0) is 8.43. The van der Waals surface area contributed by atoms with E-state index in [1.54, 1.807) is 13.0 Å². The molecule has 0 radical (unpaired) electrons. The SMILES string of the molecule is Cc1cc(Cl)nc(Cl)c1[NH2+][O-].O. The lowest BCUT2D eigenvalue weighted by atomic mass is 10.3. The molecule has 6 heteroatoms. The molecule has 0 saturated carbocycles. The minimum Gasteiger partial charge on any atom is -0.630 e. The first-order valence-electron chi connectivity index (χ1n) is 2.93. The van der Waals surface area contributed by atoms with Crippen molar-refractivity contribution in [2.75, 3.05) is 0 Å². The molecule has 68 valence electrons. The van der Waals surface area contributed by atoms with Gasteiger partial charge in [0.2, 0.25) is 0 Å². The lowest BCUT2D eigenvalue weighted by molar-refractivity contribution is -0.497. The minimum atomic E-state index is 0. The summed E-state index contributed by atoms with van der Waals surface area (Å²) in [6.07, 6.45) is 0. The summed E-state index contributed by atoms with van der Waals surface area (Å²) in [5.41, 5.74) is 1.81. The average molecular weight is 211 g/mol. The lowest BCUT2D eigenvalue weighted by Crippen LogP contribution is -2.70. The maximum atomic E-state index is 10.4. The van der Waals surface area contributed by atoms with Crippen LogP contribution in [-0.4, -0.2) is 10.5 Å². The molecule has 4 nitrogen and oxygen atoms in total. The van der Waals surface area contributed by atoms with Crippen LogP contribution in [0, 0.1) is 12.1 Å². The number of nitrogens with two attached hydrogens (primary N) is 1. The number of nitrogens with zero attached hydrogens (tertiary/aromatic N) is 1.